The molecule has 0 aliphatic carbocycles. The van der Waals surface area contributed by atoms with Crippen molar-refractivity contribution in [2.45, 2.75) is 19.4 Å². The van der Waals surface area contributed by atoms with Crippen LogP contribution in [0.5, 0.6) is 11.5 Å². The molecule has 0 amide bonds. The maximum absolute atomic E-state index is 6.72. The van der Waals surface area contributed by atoms with E-state index in [4.69, 9.17) is 36.5 Å². The summed E-state index contributed by atoms with van der Waals surface area (Å²) in [7, 11) is 3.20. The van der Waals surface area contributed by atoms with Gasteiger partial charge in [-0.15, -0.1) is 0 Å². The molecule has 1 aliphatic heterocycles. The molecular formula is C20H22ClN5O3. The number of nitrogens with one attached hydrogen (secondary N) is 1. The Labute approximate surface area is 173 Å². The van der Waals surface area contributed by atoms with Crippen LogP contribution in [0, 0.1) is 0 Å². The van der Waals surface area contributed by atoms with Gasteiger partial charge in [0, 0.05) is 28.8 Å². The SMILES string of the molecule is CCc1c(OC)cc(OC)c(Cl)c1-c1cc2cnc(N)nc2c(NC2COC2)n1. The van der Waals surface area contributed by atoms with E-state index in [1.165, 1.54) is 0 Å². The Morgan fingerprint density at radius 3 is 2.59 bits per heavy atom. The molecule has 3 heterocycles. The predicted molar refractivity (Wildman–Crippen MR) is 113 cm³/mol. The number of ether oxygens (including phenoxy) is 3. The van der Waals surface area contributed by atoms with E-state index in [2.05, 4.69) is 15.3 Å². The third-order valence-corrected chi connectivity index (χ3v) is 5.29. The maximum Gasteiger partial charge on any atom is 0.220 e. The number of hydrogen-bond acceptors (Lipinski definition) is 8. The van der Waals surface area contributed by atoms with Crippen molar-refractivity contribution in [1.29, 1.82) is 0 Å². The van der Waals surface area contributed by atoms with E-state index in [9.17, 15) is 0 Å². The molecular weight excluding hydrogens is 394 g/mol. The number of aromatic nitrogens is 3. The first-order valence-electron chi connectivity index (χ1n) is 9.27. The highest BCUT2D eigenvalue weighted by Crippen LogP contribution is 2.44. The molecule has 0 bridgehead atoms. The van der Waals surface area contributed by atoms with Gasteiger partial charge < -0.3 is 25.3 Å². The van der Waals surface area contributed by atoms with Crippen LogP contribution in [-0.2, 0) is 11.2 Å². The van der Waals surface area contributed by atoms with Gasteiger partial charge in [0.1, 0.15) is 17.0 Å². The molecule has 2 aromatic heterocycles. The molecule has 4 rings (SSSR count). The van der Waals surface area contributed by atoms with Crippen molar-refractivity contribution in [2.75, 3.05) is 38.5 Å². The highest BCUT2D eigenvalue weighted by atomic mass is 35.5. The van der Waals surface area contributed by atoms with Gasteiger partial charge in [-0.2, -0.15) is 0 Å². The van der Waals surface area contributed by atoms with Crippen molar-refractivity contribution in [3.63, 3.8) is 0 Å². The number of benzene rings is 1. The van der Waals surface area contributed by atoms with Gasteiger partial charge in [0.2, 0.25) is 5.95 Å². The Morgan fingerprint density at radius 1 is 1.21 bits per heavy atom. The highest BCUT2D eigenvalue weighted by molar-refractivity contribution is 6.35. The number of anilines is 2. The molecule has 1 aromatic carbocycles. The van der Waals surface area contributed by atoms with Crippen LogP contribution in [0.3, 0.4) is 0 Å². The number of nitrogen functional groups attached to an aromatic ring is 1. The number of nitrogens with zero attached hydrogens (tertiary/aromatic N) is 3. The smallest absolute Gasteiger partial charge is 0.220 e. The molecule has 1 aliphatic rings. The second-order valence-corrected chi connectivity index (χ2v) is 7.08. The molecule has 0 unspecified atom stereocenters. The first kappa shape index (κ1) is 19.5. The van der Waals surface area contributed by atoms with E-state index in [-0.39, 0.29) is 12.0 Å². The number of methoxy groups -OCH3 is 2. The minimum absolute atomic E-state index is 0.165. The summed E-state index contributed by atoms with van der Waals surface area (Å²) in [6, 6.07) is 3.86. The average molecular weight is 416 g/mol. The fraction of sp³-hybridized carbons (Fsp3) is 0.350. The first-order valence-corrected chi connectivity index (χ1v) is 9.64. The molecule has 1 fully saturated rings. The molecule has 3 aromatic rings. The van der Waals surface area contributed by atoms with Crippen LogP contribution in [0.25, 0.3) is 22.2 Å². The maximum atomic E-state index is 6.72. The normalized spacial score (nSPS) is 13.9. The lowest BCUT2D eigenvalue weighted by Gasteiger charge is -2.28. The van der Waals surface area contributed by atoms with Crippen molar-refractivity contribution >= 4 is 34.3 Å². The van der Waals surface area contributed by atoms with E-state index in [1.54, 1.807) is 26.5 Å². The zero-order valence-corrected chi connectivity index (χ0v) is 17.2. The van der Waals surface area contributed by atoms with Gasteiger partial charge in [0.05, 0.1) is 44.2 Å². The minimum Gasteiger partial charge on any atom is -0.496 e. The van der Waals surface area contributed by atoms with Crippen LogP contribution >= 0.6 is 11.6 Å². The lowest BCUT2D eigenvalue weighted by molar-refractivity contribution is 0.0210. The van der Waals surface area contributed by atoms with E-state index in [0.717, 1.165) is 16.5 Å². The Hall–Kier alpha value is -2.84. The topological polar surface area (TPSA) is 104 Å². The number of hydrogen-bond donors (Lipinski definition) is 2. The number of halogens is 1. The lowest BCUT2D eigenvalue weighted by Crippen LogP contribution is -2.40. The van der Waals surface area contributed by atoms with E-state index >= 15 is 0 Å². The van der Waals surface area contributed by atoms with Crippen LogP contribution in [0.1, 0.15) is 12.5 Å². The van der Waals surface area contributed by atoms with Gasteiger partial charge in [-0.25, -0.2) is 15.0 Å². The van der Waals surface area contributed by atoms with Crippen molar-refractivity contribution in [1.82, 2.24) is 15.0 Å². The van der Waals surface area contributed by atoms with Crippen LogP contribution < -0.4 is 20.5 Å². The van der Waals surface area contributed by atoms with Crippen molar-refractivity contribution in [3.8, 4) is 22.8 Å². The van der Waals surface area contributed by atoms with Crippen LogP contribution in [0.15, 0.2) is 18.3 Å². The summed E-state index contributed by atoms with van der Waals surface area (Å²) >= 11 is 6.72. The van der Waals surface area contributed by atoms with Crippen LogP contribution in [0.2, 0.25) is 5.02 Å². The number of pyridine rings is 1. The fourth-order valence-electron chi connectivity index (χ4n) is 3.39. The van der Waals surface area contributed by atoms with Gasteiger partial charge in [-0.3, -0.25) is 0 Å². The molecule has 0 radical (unpaired) electrons. The second kappa shape index (κ2) is 7.88. The zero-order valence-electron chi connectivity index (χ0n) is 16.5. The third-order valence-electron chi connectivity index (χ3n) is 4.91. The minimum atomic E-state index is 0.165. The summed E-state index contributed by atoms with van der Waals surface area (Å²) < 4.78 is 16.3. The predicted octanol–water partition coefficient (Wildman–Crippen LogP) is 3.32. The summed E-state index contributed by atoms with van der Waals surface area (Å²) in [4.78, 5) is 13.4. The largest absolute Gasteiger partial charge is 0.496 e. The summed E-state index contributed by atoms with van der Waals surface area (Å²) in [6.07, 6.45) is 2.39. The molecule has 0 saturated carbocycles. The highest BCUT2D eigenvalue weighted by Gasteiger charge is 2.24. The number of nitrogens with two attached hydrogens (primary N) is 1. The van der Waals surface area contributed by atoms with E-state index in [1.807, 2.05) is 13.0 Å². The summed E-state index contributed by atoms with van der Waals surface area (Å²) in [6.45, 7) is 3.27. The Balaban J connectivity index is 1.97. The average Bonchev–Trinajstić information content (AvgIpc) is 2.70. The Morgan fingerprint density at radius 2 is 1.97 bits per heavy atom. The molecule has 1 saturated heterocycles. The summed E-state index contributed by atoms with van der Waals surface area (Å²) in [5.41, 5.74) is 8.84. The summed E-state index contributed by atoms with van der Waals surface area (Å²) in [5, 5.41) is 4.66. The molecule has 29 heavy (non-hydrogen) atoms. The monoisotopic (exact) mass is 415 g/mol. The van der Waals surface area contributed by atoms with Gasteiger partial charge in [0.15, 0.2) is 5.82 Å². The second-order valence-electron chi connectivity index (χ2n) is 6.70. The molecule has 9 heteroatoms. The molecule has 152 valence electrons. The van der Waals surface area contributed by atoms with Gasteiger partial charge in [-0.05, 0) is 12.5 Å². The van der Waals surface area contributed by atoms with Gasteiger partial charge >= 0.3 is 0 Å². The van der Waals surface area contributed by atoms with Crippen molar-refractivity contribution < 1.29 is 14.2 Å². The van der Waals surface area contributed by atoms with Gasteiger partial charge in [0.25, 0.3) is 0 Å². The van der Waals surface area contributed by atoms with Crippen molar-refractivity contribution in [2.24, 2.45) is 0 Å². The van der Waals surface area contributed by atoms with Crippen LogP contribution in [0.4, 0.5) is 11.8 Å². The quantitative estimate of drug-likeness (QED) is 0.631. The van der Waals surface area contributed by atoms with Crippen molar-refractivity contribution in [3.05, 3.63) is 28.9 Å². The molecule has 3 N–H and O–H groups in total. The molecule has 0 spiro atoms. The molecule has 8 nitrogen and oxygen atoms in total. The fourth-order valence-corrected chi connectivity index (χ4v) is 3.73. The first-order chi connectivity index (χ1) is 14.0. The summed E-state index contributed by atoms with van der Waals surface area (Å²) in [5.74, 6) is 2.02. The zero-order chi connectivity index (χ0) is 20.5. The van der Waals surface area contributed by atoms with Gasteiger partial charge in [-0.1, -0.05) is 18.5 Å². The Kier molecular flexibility index (Phi) is 5.29. The van der Waals surface area contributed by atoms with E-state index in [0.29, 0.717) is 53.2 Å². The number of fused-ring (bicyclic) bond motifs is 1. The Bertz CT molecular complexity index is 1070. The molecule has 0 atom stereocenters. The standard InChI is InChI=1S/C20H22ClN5O3/c1-4-12-14(27-2)6-15(28-3)17(21)16(12)13-5-10-7-23-20(22)26-18(10)19(25-13)24-11-8-29-9-11/h5-7,11H,4,8-9H2,1-3H3,(H,24,25)(H2,22,23,26). The van der Waals surface area contributed by atoms with E-state index < -0.39 is 0 Å². The lowest BCUT2D eigenvalue weighted by atomic mass is 9.99. The third kappa shape index (κ3) is 3.49. The number of rotatable bonds is 6. The van der Waals surface area contributed by atoms with Crippen LogP contribution in [-0.4, -0.2) is 48.4 Å².